The van der Waals surface area contributed by atoms with Gasteiger partial charge in [-0.1, -0.05) is 29.8 Å². The zero-order chi connectivity index (χ0) is 13.4. The van der Waals surface area contributed by atoms with Gasteiger partial charge in [0.25, 0.3) is 0 Å². The molecule has 0 aliphatic heterocycles. The second kappa shape index (κ2) is 4.79. The predicted molar refractivity (Wildman–Crippen MR) is 77.7 cm³/mol. The highest BCUT2D eigenvalue weighted by molar-refractivity contribution is 7.83. The molecule has 0 radical (unpaired) electrons. The lowest BCUT2D eigenvalue weighted by atomic mass is 10.2. The van der Waals surface area contributed by atoms with E-state index in [1.807, 2.05) is 43.3 Å². The third kappa shape index (κ3) is 2.07. The van der Waals surface area contributed by atoms with Gasteiger partial charge in [0.15, 0.2) is 16.6 Å². The Morgan fingerprint density at radius 3 is 2.68 bits per heavy atom. The lowest BCUT2D eigenvalue weighted by Crippen LogP contribution is -2.04. The third-order valence-corrected chi connectivity index (χ3v) is 4.74. The van der Waals surface area contributed by atoms with Crippen molar-refractivity contribution in [2.45, 2.75) is 11.8 Å². The van der Waals surface area contributed by atoms with E-state index in [9.17, 15) is 4.21 Å². The van der Waals surface area contributed by atoms with E-state index in [4.69, 9.17) is 11.6 Å². The monoisotopic (exact) mass is 290 g/mol. The van der Waals surface area contributed by atoms with Crippen LogP contribution in [0.15, 0.2) is 53.7 Å². The molecule has 2 heterocycles. The van der Waals surface area contributed by atoms with Gasteiger partial charge in [0, 0.05) is 17.8 Å². The summed E-state index contributed by atoms with van der Waals surface area (Å²) >= 11 is 6.24. The molecule has 1 atom stereocenters. The predicted octanol–water partition coefficient (Wildman–Crippen LogP) is 3.57. The lowest BCUT2D eigenvalue weighted by molar-refractivity contribution is 0.678. The Balaban J connectivity index is 2.17. The van der Waals surface area contributed by atoms with E-state index in [-0.39, 0.29) is 0 Å². The largest absolute Gasteiger partial charge is 0.246 e. The topological polar surface area (TPSA) is 34.9 Å². The number of hydrogen-bond donors (Lipinski definition) is 0. The fourth-order valence-corrected chi connectivity index (χ4v) is 3.20. The maximum Gasteiger partial charge on any atom is 0.158 e. The highest BCUT2D eigenvalue weighted by Gasteiger charge is 2.13. The highest BCUT2D eigenvalue weighted by atomic mass is 35.5. The molecule has 0 N–H and O–H groups in total. The van der Waals surface area contributed by atoms with Gasteiger partial charge in [-0.25, -0.2) is 13.2 Å². The second-order valence-electron chi connectivity index (χ2n) is 4.20. The van der Waals surface area contributed by atoms with Gasteiger partial charge in [-0.15, -0.1) is 0 Å². The molecule has 3 rings (SSSR count). The van der Waals surface area contributed by atoms with E-state index in [1.165, 1.54) is 0 Å². The van der Waals surface area contributed by atoms with Crippen LogP contribution in [0.3, 0.4) is 0 Å². The van der Waals surface area contributed by atoms with E-state index in [1.54, 1.807) is 16.4 Å². The Kier molecular flexibility index (Phi) is 3.12. The molecule has 0 amide bonds. The van der Waals surface area contributed by atoms with Gasteiger partial charge in [-0.2, -0.15) is 0 Å². The van der Waals surface area contributed by atoms with Crippen LogP contribution in [0.2, 0.25) is 5.02 Å². The number of hydrogen-bond acceptors (Lipinski definition) is 2. The first-order valence-electron chi connectivity index (χ1n) is 5.78. The first-order valence-corrected chi connectivity index (χ1v) is 7.26. The minimum absolute atomic E-state index is 0.637. The van der Waals surface area contributed by atoms with Gasteiger partial charge in [0.05, 0.1) is 9.92 Å². The fourth-order valence-electron chi connectivity index (χ4n) is 1.92. The molecule has 0 spiro atoms. The van der Waals surface area contributed by atoms with Crippen molar-refractivity contribution in [1.29, 1.82) is 0 Å². The SMILES string of the molecule is Cc1cnc2c(ccn2S(=O)c2ccccc2)c1Cl. The van der Waals surface area contributed by atoms with Crippen molar-refractivity contribution in [1.82, 2.24) is 8.96 Å². The molecule has 0 fully saturated rings. The van der Waals surface area contributed by atoms with Gasteiger partial charge in [-0.3, -0.25) is 0 Å². The van der Waals surface area contributed by atoms with Gasteiger partial charge < -0.3 is 0 Å². The maximum absolute atomic E-state index is 12.5. The van der Waals surface area contributed by atoms with Crippen LogP contribution in [0, 0.1) is 6.92 Å². The fraction of sp³-hybridized carbons (Fsp3) is 0.0714. The number of benzene rings is 1. The molecule has 0 saturated carbocycles. The van der Waals surface area contributed by atoms with Crippen molar-refractivity contribution in [2.24, 2.45) is 0 Å². The van der Waals surface area contributed by atoms with Gasteiger partial charge >= 0.3 is 0 Å². The molecule has 3 nitrogen and oxygen atoms in total. The summed E-state index contributed by atoms with van der Waals surface area (Å²) in [7, 11) is -1.31. The number of rotatable bonds is 2. The van der Waals surface area contributed by atoms with Gasteiger partial charge in [0.2, 0.25) is 0 Å². The number of aromatic nitrogens is 2. The molecule has 0 saturated heterocycles. The van der Waals surface area contributed by atoms with Crippen LogP contribution in [-0.2, 0) is 11.0 Å². The Morgan fingerprint density at radius 1 is 1.21 bits per heavy atom. The lowest BCUT2D eigenvalue weighted by Gasteiger charge is -2.05. The van der Waals surface area contributed by atoms with E-state index in [0.29, 0.717) is 10.7 Å². The quantitative estimate of drug-likeness (QED) is 0.723. The van der Waals surface area contributed by atoms with E-state index in [0.717, 1.165) is 15.8 Å². The van der Waals surface area contributed by atoms with Gasteiger partial charge in [-0.05, 0) is 30.7 Å². The molecule has 3 aromatic rings. The van der Waals surface area contributed by atoms with Crippen molar-refractivity contribution in [3.63, 3.8) is 0 Å². The first-order chi connectivity index (χ1) is 9.18. The number of pyridine rings is 1. The molecule has 0 aliphatic carbocycles. The van der Waals surface area contributed by atoms with Crippen LogP contribution in [0.4, 0.5) is 0 Å². The van der Waals surface area contributed by atoms with Crippen molar-refractivity contribution in [3.8, 4) is 0 Å². The maximum atomic E-state index is 12.5. The molecule has 96 valence electrons. The van der Waals surface area contributed by atoms with Crippen molar-refractivity contribution < 1.29 is 4.21 Å². The minimum atomic E-state index is -1.31. The highest BCUT2D eigenvalue weighted by Crippen LogP contribution is 2.27. The molecule has 0 aliphatic rings. The second-order valence-corrected chi connectivity index (χ2v) is 5.94. The molecule has 2 aromatic heterocycles. The summed E-state index contributed by atoms with van der Waals surface area (Å²) < 4.78 is 14.1. The van der Waals surface area contributed by atoms with Crippen LogP contribution in [0.5, 0.6) is 0 Å². The van der Waals surface area contributed by atoms with Crippen LogP contribution in [0.25, 0.3) is 11.0 Å². The van der Waals surface area contributed by atoms with Crippen LogP contribution >= 0.6 is 11.6 Å². The number of nitrogens with zero attached hydrogens (tertiary/aromatic N) is 2. The van der Waals surface area contributed by atoms with Crippen molar-refractivity contribution in [3.05, 3.63) is 59.4 Å². The Hall–Kier alpha value is -1.65. The first kappa shape index (κ1) is 12.4. The summed E-state index contributed by atoms with van der Waals surface area (Å²) in [5.74, 6) is 0. The summed E-state index contributed by atoms with van der Waals surface area (Å²) in [6.07, 6.45) is 3.45. The van der Waals surface area contributed by atoms with Crippen LogP contribution in [0.1, 0.15) is 5.56 Å². The number of aryl methyl sites for hydroxylation is 1. The van der Waals surface area contributed by atoms with Gasteiger partial charge in [0.1, 0.15) is 0 Å². The third-order valence-electron chi connectivity index (χ3n) is 2.91. The average Bonchev–Trinajstić information content (AvgIpc) is 2.87. The summed E-state index contributed by atoms with van der Waals surface area (Å²) in [6, 6.07) is 11.1. The summed E-state index contributed by atoms with van der Waals surface area (Å²) in [6.45, 7) is 1.90. The molecule has 5 heteroatoms. The normalized spacial score (nSPS) is 12.7. The molecular weight excluding hydrogens is 280 g/mol. The van der Waals surface area contributed by atoms with Crippen molar-refractivity contribution in [2.75, 3.05) is 0 Å². The van der Waals surface area contributed by atoms with Crippen LogP contribution in [-0.4, -0.2) is 13.2 Å². The molecule has 1 aromatic carbocycles. The van der Waals surface area contributed by atoms with Crippen molar-refractivity contribution >= 4 is 33.6 Å². The number of halogens is 1. The average molecular weight is 291 g/mol. The number of fused-ring (bicyclic) bond motifs is 1. The zero-order valence-corrected chi connectivity index (χ0v) is 11.8. The molecule has 19 heavy (non-hydrogen) atoms. The van der Waals surface area contributed by atoms with E-state index in [2.05, 4.69) is 4.98 Å². The Morgan fingerprint density at radius 2 is 1.95 bits per heavy atom. The smallest absolute Gasteiger partial charge is 0.158 e. The standard InChI is InChI=1S/C14H11ClN2OS/c1-10-9-16-14-12(13(10)15)7-8-17(14)19(18)11-5-3-2-4-6-11/h2-9H,1H3. The summed E-state index contributed by atoms with van der Waals surface area (Å²) in [5, 5.41) is 1.49. The Labute approximate surface area is 118 Å². The summed E-state index contributed by atoms with van der Waals surface area (Å²) in [4.78, 5) is 5.07. The van der Waals surface area contributed by atoms with Crippen LogP contribution < -0.4 is 0 Å². The zero-order valence-electron chi connectivity index (χ0n) is 10.2. The molecule has 0 bridgehead atoms. The van der Waals surface area contributed by atoms with E-state index >= 15 is 0 Å². The van der Waals surface area contributed by atoms with E-state index < -0.39 is 11.0 Å². The molecule has 1 unspecified atom stereocenters. The molecular formula is C14H11ClN2OS. The summed E-state index contributed by atoms with van der Waals surface area (Å²) in [5.41, 5.74) is 1.55. The Bertz CT molecular complexity index is 768. The minimum Gasteiger partial charge on any atom is -0.246 e.